The average Bonchev–Trinajstić information content (AvgIpc) is 2.93. The van der Waals surface area contributed by atoms with Crippen molar-refractivity contribution in [3.63, 3.8) is 0 Å². The van der Waals surface area contributed by atoms with Crippen molar-refractivity contribution in [2.75, 3.05) is 13.2 Å². The second-order valence-corrected chi connectivity index (χ2v) is 5.34. The van der Waals surface area contributed by atoms with Crippen molar-refractivity contribution in [3.8, 4) is 11.8 Å². The molecule has 0 saturated heterocycles. The summed E-state index contributed by atoms with van der Waals surface area (Å²) in [7, 11) is 0. The van der Waals surface area contributed by atoms with Gasteiger partial charge in [-0.2, -0.15) is 5.26 Å². The Morgan fingerprint density at radius 2 is 2.12 bits per heavy atom. The van der Waals surface area contributed by atoms with Crippen molar-refractivity contribution in [3.05, 3.63) is 48.2 Å². The Labute approximate surface area is 140 Å². The largest absolute Gasteiger partial charge is 0.493 e. The second-order valence-electron chi connectivity index (χ2n) is 5.34. The van der Waals surface area contributed by atoms with Crippen LogP contribution in [0.1, 0.15) is 30.1 Å². The first kappa shape index (κ1) is 15.9. The van der Waals surface area contributed by atoms with Crippen LogP contribution in [-0.2, 0) is 4.74 Å². The summed E-state index contributed by atoms with van der Waals surface area (Å²) in [6.07, 6.45) is 3.08. The van der Waals surface area contributed by atoms with Crippen LogP contribution in [0.4, 0.5) is 0 Å². The number of ether oxygens (including phenoxy) is 2. The highest BCUT2D eigenvalue weighted by molar-refractivity contribution is 6.11. The standard InChI is InChI=1S/C19H18N2O3/c1-2-23-19(22)18-15-9-8-14(24-12-6-4-10-20)13-17(15)21-11-5-3-7-16(18)21/h3,5,7-9,11,13H,2,4,6,12H2,1H3. The normalized spacial score (nSPS) is 10.7. The fourth-order valence-electron chi connectivity index (χ4n) is 2.77. The van der Waals surface area contributed by atoms with Gasteiger partial charge in [0.05, 0.1) is 35.9 Å². The Hall–Kier alpha value is -3.00. The third kappa shape index (κ3) is 2.91. The molecule has 2 aromatic heterocycles. The molecule has 0 atom stereocenters. The van der Waals surface area contributed by atoms with Gasteiger partial charge in [0, 0.05) is 24.1 Å². The zero-order chi connectivity index (χ0) is 16.9. The molecule has 5 nitrogen and oxygen atoms in total. The number of unbranched alkanes of at least 4 members (excludes halogenated alkanes) is 1. The molecule has 0 aliphatic heterocycles. The van der Waals surface area contributed by atoms with Gasteiger partial charge in [0.15, 0.2) is 0 Å². The quantitative estimate of drug-likeness (QED) is 0.509. The van der Waals surface area contributed by atoms with Crippen LogP contribution in [0.25, 0.3) is 16.4 Å². The fraction of sp³-hybridized carbons (Fsp3) is 0.263. The number of rotatable bonds is 6. The van der Waals surface area contributed by atoms with Crippen LogP contribution in [-0.4, -0.2) is 23.6 Å². The number of fused-ring (bicyclic) bond motifs is 3. The lowest BCUT2D eigenvalue weighted by Crippen LogP contribution is -2.04. The maximum atomic E-state index is 12.4. The molecule has 0 fully saturated rings. The highest BCUT2D eigenvalue weighted by Crippen LogP contribution is 2.30. The predicted molar refractivity (Wildman–Crippen MR) is 91.2 cm³/mol. The fourth-order valence-corrected chi connectivity index (χ4v) is 2.77. The van der Waals surface area contributed by atoms with E-state index in [0.717, 1.165) is 22.2 Å². The number of esters is 1. The number of nitriles is 1. The first-order valence-corrected chi connectivity index (χ1v) is 7.96. The summed E-state index contributed by atoms with van der Waals surface area (Å²) < 4.78 is 12.9. The smallest absolute Gasteiger partial charge is 0.340 e. The lowest BCUT2D eigenvalue weighted by atomic mass is 10.1. The van der Waals surface area contributed by atoms with Crippen LogP contribution in [0.2, 0.25) is 0 Å². The van der Waals surface area contributed by atoms with E-state index in [-0.39, 0.29) is 5.97 Å². The van der Waals surface area contributed by atoms with Gasteiger partial charge in [-0.25, -0.2) is 4.79 Å². The SMILES string of the molecule is CCOC(=O)c1c2ccc(OCCCC#N)cc2n2ccccc12. The summed E-state index contributed by atoms with van der Waals surface area (Å²) in [5.74, 6) is 0.401. The van der Waals surface area contributed by atoms with E-state index in [0.29, 0.717) is 31.6 Å². The topological polar surface area (TPSA) is 63.7 Å². The Morgan fingerprint density at radius 3 is 2.92 bits per heavy atom. The molecule has 0 N–H and O–H groups in total. The summed E-state index contributed by atoms with van der Waals surface area (Å²) in [5, 5.41) is 9.41. The van der Waals surface area contributed by atoms with Gasteiger partial charge < -0.3 is 13.9 Å². The number of pyridine rings is 1. The van der Waals surface area contributed by atoms with Crippen molar-refractivity contribution < 1.29 is 14.3 Å². The van der Waals surface area contributed by atoms with Crippen LogP contribution in [0.3, 0.4) is 0 Å². The van der Waals surface area contributed by atoms with Crippen LogP contribution < -0.4 is 4.74 Å². The molecule has 5 heteroatoms. The lowest BCUT2D eigenvalue weighted by Gasteiger charge is -2.05. The summed E-state index contributed by atoms with van der Waals surface area (Å²) in [5.41, 5.74) is 2.28. The van der Waals surface area contributed by atoms with Gasteiger partial charge in [0.1, 0.15) is 5.75 Å². The van der Waals surface area contributed by atoms with Gasteiger partial charge in [-0.3, -0.25) is 0 Å². The lowest BCUT2D eigenvalue weighted by molar-refractivity contribution is 0.0531. The van der Waals surface area contributed by atoms with Crippen LogP contribution >= 0.6 is 0 Å². The number of benzene rings is 1. The molecule has 3 aromatic rings. The molecule has 0 spiro atoms. The third-order valence-electron chi connectivity index (χ3n) is 3.80. The van der Waals surface area contributed by atoms with Gasteiger partial charge in [-0.1, -0.05) is 6.07 Å². The first-order chi connectivity index (χ1) is 11.8. The van der Waals surface area contributed by atoms with E-state index >= 15 is 0 Å². The zero-order valence-electron chi connectivity index (χ0n) is 13.5. The van der Waals surface area contributed by atoms with E-state index < -0.39 is 0 Å². The van der Waals surface area contributed by atoms with Crippen molar-refractivity contribution >= 4 is 22.4 Å². The van der Waals surface area contributed by atoms with E-state index in [1.165, 1.54) is 0 Å². The summed E-state index contributed by atoms with van der Waals surface area (Å²) in [6.45, 7) is 2.63. The maximum absolute atomic E-state index is 12.4. The minimum Gasteiger partial charge on any atom is -0.493 e. The number of hydrogen-bond acceptors (Lipinski definition) is 4. The first-order valence-electron chi connectivity index (χ1n) is 7.96. The number of nitrogens with zero attached hydrogens (tertiary/aromatic N) is 2. The van der Waals surface area contributed by atoms with Gasteiger partial charge in [-0.15, -0.1) is 0 Å². The molecule has 1 aromatic carbocycles. The predicted octanol–water partition coefficient (Wildman–Crippen LogP) is 3.95. The highest BCUT2D eigenvalue weighted by atomic mass is 16.5. The van der Waals surface area contributed by atoms with Gasteiger partial charge in [0.2, 0.25) is 0 Å². The number of carbonyl (C=O) groups is 1. The number of carbonyl (C=O) groups excluding carboxylic acids is 1. The van der Waals surface area contributed by atoms with Crippen molar-refractivity contribution in [1.82, 2.24) is 4.40 Å². The van der Waals surface area contributed by atoms with Gasteiger partial charge >= 0.3 is 5.97 Å². The van der Waals surface area contributed by atoms with Gasteiger partial charge in [-0.05, 0) is 37.6 Å². The summed E-state index contributed by atoms with van der Waals surface area (Å²) >= 11 is 0. The monoisotopic (exact) mass is 322 g/mol. The highest BCUT2D eigenvalue weighted by Gasteiger charge is 2.19. The number of aromatic nitrogens is 1. The van der Waals surface area contributed by atoms with E-state index in [2.05, 4.69) is 6.07 Å². The minimum atomic E-state index is -0.320. The molecule has 122 valence electrons. The Bertz CT molecular complexity index is 921. The Morgan fingerprint density at radius 1 is 1.25 bits per heavy atom. The molecule has 0 radical (unpaired) electrons. The molecule has 3 rings (SSSR count). The van der Waals surface area contributed by atoms with Crippen LogP contribution in [0.5, 0.6) is 5.75 Å². The van der Waals surface area contributed by atoms with Gasteiger partial charge in [0.25, 0.3) is 0 Å². The molecule has 0 saturated carbocycles. The molecule has 0 unspecified atom stereocenters. The molecule has 0 aliphatic rings. The minimum absolute atomic E-state index is 0.320. The van der Waals surface area contributed by atoms with E-state index in [1.807, 2.05) is 47.0 Å². The molecule has 2 heterocycles. The van der Waals surface area contributed by atoms with Crippen molar-refractivity contribution in [2.24, 2.45) is 0 Å². The number of hydrogen-bond donors (Lipinski definition) is 0. The zero-order valence-corrected chi connectivity index (χ0v) is 13.5. The molecule has 24 heavy (non-hydrogen) atoms. The molecule has 0 bridgehead atoms. The third-order valence-corrected chi connectivity index (χ3v) is 3.80. The Kier molecular flexibility index (Phi) is 4.66. The van der Waals surface area contributed by atoms with E-state index in [1.54, 1.807) is 6.92 Å². The molecular formula is C19H18N2O3. The summed E-state index contributed by atoms with van der Waals surface area (Å²) in [4.78, 5) is 12.4. The molecule has 0 aliphatic carbocycles. The van der Waals surface area contributed by atoms with Crippen LogP contribution in [0, 0.1) is 11.3 Å². The van der Waals surface area contributed by atoms with E-state index in [4.69, 9.17) is 14.7 Å². The maximum Gasteiger partial charge on any atom is 0.340 e. The molecular weight excluding hydrogens is 304 g/mol. The van der Waals surface area contributed by atoms with E-state index in [9.17, 15) is 4.79 Å². The van der Waals surface area contributed by atoms with Crippen molar-refractivity contribution in [2.45, 2.75) is 19.8 Å². The van der Waals surface area contributed by atoms with Crippen LogP contribution in [0.15, 0.2) is 42.6 Å². The Balaban J connectivity index is 2.05. The molecule has 0 amide bonds. The summed E-state index contributed by atoms with van der Waals surface area (Å²) in [6, 6.07) is 13.5. The van der Waals surface area contributed by atoms with Crippen molar-refractivity contribution in [1.29, 1.82) is 5.26 Å². The second kappa shape index (κ2) is 7.05. The average molecular weight is 322 g/mol.